The molecule has 3 nitrogen and oxygen atoms in total. The molecule has 1 amide bonds. The number of hydrogen-bond donors (Lipinski definition) is 1. The Labute approximate surface area is 188 Å². The normalized spacial score (nSPS) is 11.5. The Kier molecular flexibility index (Phi) is 8.42. The first kappa shape index (κ1) is 23.9. The van der Waals surface area contributed by atoms with Gasteiger partial charge in [-0.15, -0.1) is 12.4 Å². The second kappa shape index (κ2) is 10.6. The predicted octanol–water partition coefficient (Wildman–Crippen LogP) is 5.79. The molecular weight excluding hydrogens is 422 g/mol. The minimum Gasteiger partial charge on any atom is -0.316 e. The molecule has 0 spiro atoms. The van der Waals surface area contributed by atoms with Crippen molar-refractivity contribution in [2.24, 2.45) is 5.73 Å². The van der Waals surface area contributed by atoms with Gasteiger partial charge in [0, 0.05) is 12.2 Å². The number of nitrogens with zero attached hydrogens (tertiary/aromatic N) is 1. The molecule has 30 heavy (non-hydrogen) atoms. The molecule has 0 saturated carbocycles. The van der Waals surface area contributed by atoms with E-state index in [4.69, 9.17) is 17.3 Å². The molecule has 3 aromatic carbocycles. The lowest BCUT2D eigenvalue weighted by atomic mass is 10.0. The summed E-state index contributed by atoms with van der Waals surface area (Å²) in [6.07, 6.45) is 0.326. The van der Waals surface area contributed by atoms with E-state index in [0.29, 0.717) is 18.5 Å². The standard InChI is InChI=1S/C24H24ClFN2O.ClH/c1-16-11-12-20(15-17(16)2)28(14-13-18-9-6-10-21(25)22(18)26)24(29)23(27)19-7-4-3-5-8-19;/h3-12,15,23H,13-14,27H2,1-2H3;1H/t23-;/m0./s1. The third-order valence-corrected chi connectivity index (χ3v) is 5.42. The number of amides is 1. The van der Waals surface area contributed by atoms with Gasteiger partial charge in [0.15, 0.2) is 0 Å². The topological polar surface area (TPSA) is 46.3 Å². The number of carbonyl (C=O) groups is 1. The van der Waals surface area contributed by atoms with Crippen LogP contribution in [0.2, 0.25) is 5.02 Å². The zero-order valence-electron chi connectivity index (χ0n) is 16.9. The van der Waals surface area contributed by atoms with Crippen LogP contribution in [0.1, 0.15) is 28.3 Å². The SMILES string of the molecule is Cc1ccc(N(CCc2cccc(Cl)c2F)C(=O)[C@@H](N)c2ccccc2)cc1C.Cl. The van der Waals surface area contributed by atoms with Crippen molar-refractivity contribution < 1.29 is 9.18 Å². The molecule has 1 atom stereocenters. The third-order valence-electron chi connectivity index (χ3n) is 5.13. The van der Waals surface area contributed by atoms with Gasteiger partial charge in [0.1, 0.15) is 11.9 Å². The molecule has 0 bridgehead atoms. The van der Waals surface area contributed by atoms with Crippen LogP contribution in [0.3, 0.4) is 0 Å². The van der Waals surface area contributed by atoms with Crippen LogP contribution in [0, 0.1) is 19.7 Å². The van der Waals surface area contributed by atoms with E-state index in [1.165, 1.54) is 6.07 Å². The first-order valence-corrected chi connectivity index (χ1v) is 9.88. The molecule has 0 aliphatic heterocycles. The maximum absolute atomic E-state index is 14.3. The summed E-state index contributed by atoms with van der Waals surface area (Å²) in [6.45, 7) is 4.30. The van der Waals surface area contributed by atoms with E-state index in [1.54, 1.807) is 17.0 Å². The molecule has 0 aliphatic rings. The molecule has 6 heteroatoms. The highest BCUT2D eigenvalue weighted by atomic mass is 35.5. The van der Waals surface area contributed by atoms with Gasteiger partial charge in [-0.2, -0.15) is 0 Å². The molecule has 158 valence electrons. The van der Waals surface area contributed by atoms with Crippen LogP contribution in [0.15, 0.2) is 66.7 Å². The molecule has 3 aromatic rings. The van der Waals surface area contributed by atoms with Gasteiger partial charge in [-0.1, -0.05) is 60.1 Å². The van der Waals surface area contributed by atoms with E-state index in [-0.39, 0.29) is 23.3 Å². The second-order valence-corrected chi connectivity index (χ2v) is 7.52. The summed E-state index contributed by atoms with van der Waals surface area (Å²) in [5.41, 5.74) is 10.4. The smallest absolute Gasteiger partial charge is 0.248 e. The molecule has 3 rings (SSSR count). The van der Waals surface area contributed by atoms with Crippen molar-refractivity contribution in [3.8, 4) is 0 Å². The number of benzene rings is 3. The molecule has 0 aromatic heterocycles. The van der Waals surface area contributed by atoms with Gasteiger partial charge in [-0.25, -0.2) is 4.39 Å². The van der Waals surface area contributed by atoms with Gasteiger partial charge in [0.05, 0.1) is 5.02 Å². The van der Waals surface area contributed by atoms with Crippen LogP contribution in [0.25, 0.3) is 0 Å². The molecular formula is C24H25Cl2FN2O. The molecule has 0 radical (unpaired) electrons. The van der Waals surface area contributed by atoms with Crippen molar-refractivity contribution in [3.63, 3.8) is 0 Å². The zero-order chi connectivity index (χ0) is 21.0. The summed E-state index contributed by atoms with van der Waals surface area (Å²) in [5.74, 6) is -0.684. The van der Waals surface area contributed by atoms with Crippen LogP contribution in [-0.2, 0) is 11.2 Å². The molecule has 2 N–H and O–H groups in total. The number of anilines is 1. The average molecular weight is 447 g/mol. The number of halogens is 3. The average Bonchev–Trinajstić information content (AvgIpc) is 2.73. The highest BCUT2D eigenvalue weighted by Crippen LogP contribution is 2.24. The van der Waals surface area contributed by atoms with Gasteiger partial charge in [-0.3, -0.25) is 4.79 Å². The Bertz CT molecular complexity index is 1010. The van der Waals surface area contributed by atoms with Gasteiger partial charge in [0.2, 0.25) is 5.91 Å². The highest BCUT2D eigenvalue weighted by molar-refractivity contribution is 6.30. The lowest BCUT2D eigenvalue weighted by Gasteiger charge is -2.27. The molecule has 0 unspecified atom stereocenters. The Hall–Kier alpha value is -2.40. The Morgan fingerprint density at radius 1 is 1.03 bits per heavy atom. The number of hydrogen-bond acceptors (Lipinski definition) is 2. The van der Waals surface area contributed by atoms with Crippen molar-refractivity contribution in [2.45, 2.75) is 26.3 Å². The summed E-state index contributed by atoms with van der Waals surface area (Å²) in [6, 6.07) is 19.2. The summed E-state index contributed by atoms with van der Waals surface area (Å²) >= 11 is 5.90. The van der Waals surface area contributed by atoms with Gasteiger partial charge < -0.3 is 10.6 Å². The first-order chi connectivity index (χ1) is 13.9. The first-order valence-electron chi connectivity index (χ1n) is 9.50. The fraction of sp³-hybridized carbons (Fsp3) is 0.208. The minimum absolute atomic E-state index is 0. The van der Waals surface area contributed by atoms with Crippen LogP contribution < -0.4 is 10.6 Å². The lowest BCUT2D eigenvalue weighted by Crippen LogP contribution is -2.40. The number of rotatable bonds is 6. The third kappa shape index (κ3) is 5.39. The monoisotopic (exact) mass is 446 g/mol. The largest absolute Gasteiger partial charge is 0.316 e. The van der Waals surface area contributed by atoms with Crippen molar-refractivity contribution in [1.29, 1.82) is 0 Å². The van der Waals surface area contributed by atoms with E-state index >= 15 is 0 Å². The van der Waals surface area contributed by atoms with E-state index in [0.717, 1.165) is 22.4 Å². The summed E-state index contributed by atoms with van der Waals surface area (Å²) in [5, 5.41) is 0.0764. The van der Waals surface area contributed by atoms with Gasteiger partial charge >= 0.3 is 0 Å². The van der Waals surface area contributed by atoms with E-state index in [2.05, 4.69) is 0 Å². The predicted molar refractivity (Wildman–Crippen MR) is 124 cm³/mol. The summed E-state index contributed by atoms with van der Waals surface area (Å²) < 4.78 is 14.3. The Morgan fingerprint density at radius 2 is 1.73 bits per heavy atom. The number of nitrogens with two attached hydrogens (primary N) is 1. The molecule has 0 saturated heterocycles. The summed E-state index contributed by atoms with van der Waals surface area (Å²) in [7, 11) is 0. The van der Waals surface area contributed by atoms with Crippen molar-refractivity contribution in [2.75, 3.05) is 11.4 Å². The molecule has 0 fully saturated rings. The fourth-order valence-corrected chi connectivity index (χ4v) is 3.40. The van der Waals surface area contributed by atoms with Gasteiger partial charge in [0.25, 0.3) is 0 Å². The second-order valence-electron chi connectivity index (χ2n) is 7.11. The highest BCUT2D eigenvalue weighted by Gasteiger charge is 2.24. The molecule has 0 heterocycles. The van der Waals surface area contributed by atoms with Crippen molar-refractivity contribution >= 4 is 35.6 Å². The van der Waals surface area contributed by atoms with E-state index < -0.39 is 11.9 Å². The Morgan fingerprint density at radius 3 is 2.40 bits per heavy atom. The quantitative estimate of drug-likeness (QED) is 0.520. The lowest BCUT2D eigenvalue weighted by molar-refractivity contribution is -0.120. The zero-order valence-corrected chi connectivity index (χ0v) is 18.5. The molecule has 0 aliphatic carbocycles. The van der Waals surface area contributed by atoms with Crippen LogP contribution >= 0.6 is 24.0 Å². The van der Waals surface area contributed by atoms with Crippen LogP contribution in [0.5, 0.6) is 0 Å². The van der Waals surface area contributed by atoms with E-state index in [9.17, 15) is 9.18 Å². The minimum atomic E-state index is -0.804. The maximum Gasteiger partial charge on any atom is 0.248 e. The van der Waals surface area contributed by atoms with E-state index in [1.807, 2.05) is 62.4 Å². The van der Waals surface area contributed by atoms with Crippen molar-refractivity contribution in [1.82, 2.24) is 0 Å². The Balaban J connectivity index is 0.00000320. The van der Waals surface area contributed by atoms with Crippen molar-refractivity contribution in [3.05, 3.63) is 99.8 Å². The van der Waals surface area contributed by atoms with Crippen LogP contribution in [-0.4, -0.2) is 12.5 Å². The number of aryl methyl sites for hydroxylation is 2. The summed E-state index contributed by atoms with van der Waals surface area (Å²) in [4.78, 5) is 14.9. The fourth-order valence-electron chi connectivity index (χ4n) is 3.20. The van der Waals surface area contributed by atoms with Crippen LogP contribution in [0.4, 0.5) is 10.1 Å². The maximum atomic E-state index is 14.3. The number of carbonyl (C=O) groups excluding carboxylic acids is 1. The van der Waals surface area contributed by atoms with Gasteiger partial charge in [-0.05, 0) is 60.7 Å².